The Balaban J connectivity index is 1.08. The van der Waals surface area contributed by atoms with Crippen molar-refractivity contribution in [2.75, 3.05) is 0 Å². The summed E-state index contributed by atoms with van der Waals surface area (Å²) in [4.78, 5) is 10.4. The zero-order valence-corrected chi connectivity index (χ0v) is 29.4. The SMILES string of the molecule is c1ccc(-c2cc(-c3ccccc3)nc(-n3c4ccccc4c4c(-c5nnc(-c6ccc7c8ccccc8n(-c8ccccc8)c7c6)o5)cccc43)n2)cc1. The summed E-state index contributed by atoms with van der Waals surface area (Å²) in [6.07, 6.45) is 0. The fourth-order valence-corrected chi connectivity index (χ4v) is 7.87. The molecule has 0 unspecified atom stereocenters. The third kappa shape index (κ3) is 5.05. The molecule has 0 saturated carbocycles. The minimum absolute atomic E-state index is 0.441. The summed E-state index contributed by atoms with van der Waals surface area (Å²) in [6, 6.07) is 62.4. The van der Waals surface area contributed by atoms with Crippen LogP contribution in [-0.4, -0.2) is 29.3 Å². The van der Waals surface area contributed by atoms with Crippen LogP contribution in [0.3, 0.4) is 0 Å². The summed E-state index contributed by atoms with van der Waals surface area (Å²) in [5.41, 5.74) is 10.6. The second-order valence-corrected chi connectivity index (χ2v) is 13.6. The Labute approximate surface area is 315 Å². The molecule has 0 aliphatic carbocycles. The van der Waals surface area contributed by atoms with Crippen molar-refractivity contribution in [3.63, 3.8) is 0 Å². The topological polar surface area (TPSA) is 74.6 Å². The van der Waals surface area contributed by atoms with Crippen LogP contribution in [0.2, 0.25) is 0 Å². The Morgan fingerprint density at radius 2 is 0.945 bits per heavy atom. The zero-order chi connectivity index (χ0) is 36.3. The maximum Gasteiger partial charge on any atom is 0.248 e. The second-order valence-electron chi connectivity index (χ2n) is 13.6. The summed E-state index contributed by atoms with van der Waals surface area (Å²) < 4.78 is 11.0. The molecule has 55 heavy (non-hydrogen) atoms. The monoisotopic (exact) mass is 706 g/mol. The van der Waals surface area contributed by atoms with Gasteiger partial charge >= 0.3 is 0 Å². The molecule has 7 aromatic carbocycles. The molecule has 0 atom stereocenters. The smallest absolute Gasteiger partial charge is 0.248 e. The number of aromatic nitrogens is 6. The Bertz CT molecular complexity index is 3140. The van der Waals surface area contributed by atoms with Crippen molar-refractivity contribution >= 4 is 43.6 Å². The number of para-hydroxylation sites is 3. The van der Waals surface area contributed by atoms with E-state index in [9.17, 15) is 0 Å². The van der Waals surface area contributed by atoms with Gasteiger partial charge in [-0.05, 0) is 54.6 Å². The summed E-state index contributed by atoms with van der Waals surface area (Å²) in [5.74, 6) is 1.47. The van der Waals surface area contributed by atoms with Gasteiger partial charge in [-0.2, -0.15) is 0 Å². The Hall–Kier alpha value is -7.64. The van der Waals surface area contributed by atoms with E-state index in [1.54, 1.807) is 0 Å². The minimum Gasteiger partial charge on any atom is -0.416 e. The highest BCUT2D eigenvalue weighted by atomic mass is 16.4. The molecule has 0 aliphatic heterocycles. The van der Waals surface area contributed by atoms with Gasteiger partial charge in [0.25, 0.3) is 0 Å². The van der Waals surface area contributed by atoms with Gasteiger partial charge < -0.3 is 8.98 Å². The molecular formula is C48H30N6O. The lowest BCUT2D eigenvalue weighted by molar-refractivity contribution is 0.585. The van der Waals surface area contributed by atoms with Crippen molar-refractivity contribution in [2.45, 2.75) is 0 Å². The van der Waals surface area contributed by atoms with Crippen molar-refractivity contribution in [3.8, 4) is 57.1 Å². The van der Waals surface area contributed by atoms with Crippen molar-refractivity contribution < 1.29 is 4.42 Å². The van der Waals surface area contributed by atoms with E-state index in [-0.39, 0.29) is 0 Å². The second kappa shape index (κ2) is 12.5. The zero-order valence-electron chi connectivity index (χ0n) is 29.4. The summed E-state index contributed by atoms with van der Waals surface area (Å²) in [7, 11) is 0. The number of fused-ring (bicyclic) bond motifs is 6. The number of hydrogen-bond acceptors (Lipinski definition) is 5. The van der Waals surface area contributed by atoms with Crippen LogP contribution in [-0.2, 0) is 0 Å². The van der Waals surface area contributed by atoms with Crippen LogP contribution in [0.5, 0.6) is 0 Å². The number of hydrogen-bond donors (Lipinski definition) is 0. The van der Waals surface area contributed by atoms with E-state index in [4.69, 9.17) is 14.4 Å². The lowest BCUT2D eigenvalue weighted by Gasteiger charge is -2.11. The fourth-order valence-electron chi connectivity index (χ4n) is 7.87. The average molecular weight is 707 g/mol. The lowest BCUT2D eigenvalue weighted by Crippen LogP contribution is -2.04. The van der Waals surface area contributed by atoms with E-state index >= 15 is 0 Å². The van der Waals surface area contributed by atoms with E-state index in [0.717, 1.165) is 77.6 Å². The van der Waals surface area contributed by atoms with Gasteiger partial charge in [0.05, 0.1) is 33.5 Å². The summed E-state index contributed by atoms with van der Waals surface area (Å²) >= 11 is 0. The van der Waals surface area contributed by atoms with Crippen molar-refractivity contribution in [1.82, 2.24) is 29.3 Å². The van der Waals surface area contributed by atoms with Crippen LogP contribution in [0.1, 0.15) is 0 Å². The molecule has 0 amide bonds. The number of nitrogens with zero attached hydrogens (tertiary/aromatic N) is 6. The average Bonchev–Trinajstić information content (AvgIpc) is 3.97. The maximum absolute atomic E-state index is 6.58. The first-order valence-electron chi connectivity index (χ1n) is 18.2. The molecular weight excluding hydrogens is 677 g/mol. The van der Waals surface area contributed by atoms with Gasteiger partial charge in [0.15, 0.2) is 0 Å². The van der Waals surface area contributed by atoms with Crippen LogP contribution in [0.4, 0.5) is 0 Å². The van der Waals surface area contributed by atoms with Gasteiger partial charge in [-0.3, -0.25) is 4.57 Å². The quantitative estimate of drug-likeness (QED) is 0.172. The predicted molar refractivity (Wildman–Crippen MR) is 220 cm³/mol. The number of rotatable bonds is 6. The number of benzene rings is 7. The van der Waals surface area contributed by atoms with Gasteiger partial charge in [0.1, 0.15) is 0 Å². The summed E-state index contributed by atoms with van der Waals surface area (Å²) in [5, 5.41) is 13.6. The Morgan fingerprint density at radius 1 is 0.382 bits per heavy atom. The first-order valence-corrected chi connectivity index (χ1v) is 18.2. The van der Waals surface area contributed by atoms with Crippen molar-refractivity contribution in [1.29, 1.82) is 0 Å². The standard InChI is InChI=1S/C48H30N6O/c1-4-15-31(16-5-1)39-30-40(32-17-6-2-7-18-32)50-48(49-39)54-42-25-13-11-22-37(42)45-38(23-14-26-43(45)54)47-52-51-46(55-47)33-27-28-36-35-21-10-12-24-41(35)53(44(36)29-33)34-19-8-3-9-20-34/h1-30H. The minimum atomic E-state index is 0.441. The van der Waals surface area contributed by atoms with Gasteiger partial charge in [0.2, 0.25) is 17.7 Å². The molecule has 0 saturated heterocycles. The van der Waals surface area contributed by atoms with Crippen LogP contribution in [0.25, 0.3) is 101 Å². The van der Waals surface area contributed by atoms with Crippen molar-refractivity contribution in [2.24, 2.45) is 0 Å². The van der Waals surface area contributed by atoms with Crippen LogP contribution in [0, 0.1) is 0 Å². The van der Waals surface area contributed by atoms with Crippen LogP contribution >= 0.6 is 0 Å². The molecule has 11 aromatic rings. The van der Waals surface area contributed by atoms with Gasteiger partial charge in [-0.25, -0.2) is 9.97 Å². The molecule has 0 spiro atoms. The van der Waals surface area contributed by atoms with E-state index in [0.29, 0.717) is 17.7 Å². The van der Waals surface area contributed by atoms with E-state index < -0.39 is 0 Å². The summed E-state index contributed by atoms with van der Waals surface area (Å²) in [6.45, 7) is 0. The third-order valence-corrected chi connectivity index (χ3v) is 10.3. The third-order valence-electron chi connectivity index (χ3n) is 10.3. The largest absolute Gasteiger partial charge is 0.416 e. The van der Waals surface area contributed by atoms with Gasteiger partial charge in [0, 0.05) is 49.5 Å². The predicted octanol–water partition coefficient (Wildman–Crippen LogP) is 11.7. The Morgan fingerprint density at radius 3 is 1.65 bits per heavy atom. The van der Waals surface area contributed by atoms with Crippen LogP contribution < -0.4 is 0 Å². The molecule has 7 heteroatoms. The molecule has 0 bridgehead atoms. The first kappa shape index (κ1) is 30.9. The molecule has 258 valence electrons. The molecule has 4 heterocycles. The molecule has 0 N–H and O–H groups in total. The first-order chi connectivity index (χ1) is 27.3. The highest BCUT2D eigenvalue weighted by Crippen LogP contribution is 2.40. The molecule has 0 aliphatic rings. The molecule has 4 aromatic heterocycles. The van der Waals surface area contributed by atoms with Gasteiger partial charge in [-0.15, -0.1) is 10.2 Å². The van der Waals surface area contributed by atoms with Crippen molar-refractivity contribution in [3.05, 3.63) is 182 Å². The Kier molecular flexibility index (Phi) is 7.03. The molecule has 0 radical (unpaired) electrons. The lowest BCUT2D eigenvalue weighted by atomic mass is 10.1. The van der Waals surface area contributed by atoms with Crippen LogP contribution in [0.15, 0.2) is 186 Å². The van der Waals surface area contributed by atoms with E-state index in [1.807, 2.05) is 60.7 Å². The highest BCUT2D eigenvalue weighted by Gasteiger charge is 2.22. The molecule has 11 rings (SSSR count). The normalized spacial score (nSPS) is 11.6. The van der Waals surface area contributed by atoms with E-state index in [2.05, 4.69) is 141 Å². The molecule has 0 fully saturated rings. The van der Waals surface area contributed by atoms with E-state index in [1.165, 1.54) is 5.39 Å². The fraction of sp³-hybridized carbons (Fsp3) is 0. The molecule has 7 nitrogen and oxygen atoms in total. The van der Waals surface area contributed by atoms with Gasteiger partial charge in [-0.1, -0.05) is 127 Å². The highest BCUT2D eigenvalue weighted by molar-refractivity contribution is 6.15. The maximum atomic E-state index is 6.58.